The van der Waals surface area contributed by atoms with Gasteiger partial charge in [0, 0.05) is 45.2 Å². The quantitative estimate of drug-likeness (QED) is 0.304. The van der Waals surface area contributed by atoms with Crippen molar-refractivity contribution in [1.29, 1.82) is 0 Å². The van der Waals surface area contributed by atoms with Gasteiger partial charge in [0.2, 0.25) is 5.91 Å². The molecule has 1 amide bonds. The summed E-state index contributed by atoms with van der Waals surface area (Å²) in [6.07, 6.45) is 9.26. The van der Waals surface area contributed by atoms with E-state index in [0.717, 1.165) is 56.6 Å². The first-order valence-electron chi connectivity index (χ1n) is 13.3. The van der Waals surface area contributed by atoms with Gasteiger partial charge < -0.3 is 9.64 Å². The van der Waals surface area contributed by atoms with Crippen LogP contribution in [0.3, 0.4) is 0 Å². The van der Waals surface area contributed by atoms with Gasteiger partial charge in [-0.3, -0.25) is 4.79 Å². The molecule has 1 radical (unpaired) electrons. The van der Waals surface area contributed by atoms with Crippen LogP contribution >= 0.6 is 0 Å². The summed E-state index contributed by atoms with van der Waals surface area (Å²) in [5.74, 6) is 0.825. The molecule has 2 heterocycles. The molecule has 5 nitrogen and oxygen atoms in total. The smallest absolute Gasteiger partial charge is 0.233 e. The third-order valence-electron chi connectivity index (χ3n) is 7.91. The lowest BCUT2D eigenvalue weighted by atomic mass is 9.68. The normalized spacial score (nSPS) is 23.4. The van der Waals surface area contributed by atoms with Crippen LogP contribution in [0.2, 0.25) is 25.7 Å². The molecule has 1 aromatic heterocycles. The van der Waals surface area contributed by atoms with Crippen LogP contribution in [0.5, 0.6) is 0 Å². The average Bonchev–Trinajstić information content (AvgIpc) is 3.36. The fourth-order valence-corrected chi connectivity index (χ4v) is 6.15. The Bertz CT molecular complexity index is 992. The number of benzene rings is 1. The van der Waals surface area contributed by atoms with E-state index >= 15 is 0 Å². The molecule has 4 rings (SSSR count). The predicted octanol–water partition coefficient (Wildman–Crippen LogP) is 6.66. The number of hydrogen-bond donors (Lipinski definition) is 0. The van der Waals surface area contributed by atoms with E-state index in [1.165, 1.54) is 11.6 Å². The van der Waals surface area contributed by atoms with Gasteiger partial charge in [-0.15, -0.1) is 0 Å². The maximum Gasteiger partial charge on any atom is 0.233 e. The third kappa shape index (κ3) is 6.26. The highest BCUT2D eigenvalue weighted by atomic mass is 28.3. The Morgan fingerprint density at radius 2 is 1.77 bits per heavy atom. The summed E-state index contributed by atoms with van der Waals surface area (Å²) in [4.78, 5) is 15.6. The zero-order valence-electron chi connectivity index (χ0n) is 22.6. The summed E-state index contributed by atoms with van der Waals surface area (Å²) < 4.78 is 7.89. The molecule has 0 N–H and O–H groups in total. The lowest BCUT2D eigenvalue weighted by Gasteiger charge is -2.35. The molecule has 0 atom stereocenters. The van der Waals surface area contributed by atoms with Crippen LogP contribution in [0.25, 0.3) is 0 Å². The summed E-state index contributed by atoms with van der Waals surface area (Å²) in [5.41, 5.74) is 3.44. The summed E-state index contributed by atoms with van der Waals surface area (Å²) in [6.45, 7) is 15.9. The molecular weight excluding hydrogens is 450 g/mol. The molecule has 1 spiro atoms. The molecule has 191 valence electrons. The first-order valence-corrected chi connectivity index (χ1v) is 17.0. The Hall–Kier alpha value is -1.92. The Balaban J connectivity index is 1.30. The van der Waals surface area contributed by atoms with Gasteiger partial charge in [0.25, 0.3) is 0 Å². The lowest BCUT2D eigenvalue weighted by Crippen LogP contribution is -2.37. The Labute approximate surface area is 213 Å². The molecule has 2 aliphatic rings. The second kappa shape index (κ2) is 10.2. The van der Waals surface area contributed by atoms with E-state index in [0.29, 0.717) is 18.6 Å². The molecule has 1 aromatic carbocycles. The second-order valence-electron chi connectivity index (χ2n) is 12.9. The molecule has 1 saturated carbocycles. The minimum absolute atomic E-state index is 0.124. The highest BCUT2D eigenvalue weighted by molar-refractivity contribution is 6.76. The summed E-state index contributed by atoms with van der Waals surface area (Å²) in [5, 5.41) is 4.47. The number of rotatable bonds is 8. The molecule has 0 unspecified atom stereocenters. The summed E-state index contributed by atoms with van der Waals surface area (Å²) in [6, 6.07) is 11.9. The van der Waals surface area contributed by atoms with Crippen LogP contribution in [0, 0.1) is 17.8 Å². The number of anilines is 1. The number of nitrogens with zero attached hydrogens (tertiary/aromatic N) is 3. The molecular formula is C29H44N3O2Si. The number of carbonyl (C=O) groups is 1. The van der Waals surface area contributed by atoms with Gasteiger partial charge >= 0.3 is 0 Å². The van der Waals surface area contributed by atoms with Gasteiger partial charge in [-0.1, -0.05) is 52.5 Å². The predicted molar refractivity (Wildman–Crippen MR) is 146 cm³/mol. The zero-order valence-corrected chi connectivity index (χ0v) is 23.6. The highest BCUT2D eigenvalue weighted by Gasteiger charge is 2.48. The van der Waals surface area contributed by atoms with E-state index in [-0.39, 0.29) is 10.8 Å². The zero-order chi connectivity index (χ0) is 25.3. The minimum Gasteiger partial charge on any atom is -0.360 e. The van der Waals surface area contributed by atoms with Crippen molar-refractivity contribution in [2.45, 2.75) is 90.7 Å². The number of amides is 1. The van der Waals surface area contributed by atoms with E-state index in [1.54, 1.807) is 0 Å². The van der Waals surface area contributed by atoms with Crippen molar-refractivity contribution in [2.24, 2.45) is 11.3 Å². The van der Waals surface area contributed by atoms with Crippen molar-refractivity contribution in [3.8, 4) is 0 Å². The van der Waals surface area contributed by atoms with Gasteiger partial charge in [-0.05, 0) is 73.2 Å². The minimum atomic E-state index is -1.08. The van der Waals surface area contributed by atoms with Crippen LogP contribution in [0.4, 0.5) is 5.69 Å². The molecule has 0 bridgehead atoms. The topological polar surface area (TPSA) is 47.4 Å². The Morgan fingerprint density at radius 3 is 2.40 bits per heavy atom. The van der Waals surface area contributed by atoms with E-state index in [9.17, 15) is 4.79 Å². The van der Waals surface area contributed by atoms with E-state index in [4.69, 9.17) is 4.74 Å². The van der Waals surface area contributed by atoms with E-state index < -0.39 is 8.07 Å². The first kappa shape index (κ1) is 26.1. The van der Waals surface area contributed by atoms with Crippen LogP contribution in [0.1, 0.15) is 64.1 Å². The molecule has 1 saturated heterocycles. The van der Waals surface area contributed by atoms with Crippen LogP contribution in [0.15, 0.2) is 36.5 Å². The van der Waals surface area contributed by atoms with Crippen LogP contribution < -0.4 is 4.90 Å². The monoisotopic (exact) mass is 494 g/mol. The van der Waals surface area contributed by atoms with Crippen molar-refractivity contribution >= 4 is 19.7 Å². The number of carbonyl (C=O) groups excluding carboxylic acids is 1. The van der Waals surface area contributed by atoms with Crippen molar-refractivity contribution < 1.29 is 9.53 Å². The maximum absolute atomic E-state index is 13.5. The second-order valence-corrected chi connectivity index (χ2v) is 18.5. The van der Waals surface area contributed by atoms with Crippen LogP contribution in [-0.4, -0.2) is 36.9 Å². The fourth-order valence-electron chi connectivity index (χ4n) is 5.39. The summed E-state index contributed by atoms with van der Waals surface area (Å²) in [7, 11) is -1.08. The fraction of sp³-hybridized carbons (Fsp3) is 0.621. The molecule has 6 heteroatoms. The van der Waals surface area contributed by atoms with Gasteiger partial charge in [-0.25, -0.2) is 4.68 Å². The molecule has 1 aliphatic heterocycles. The van der Waals surface area contributed by atoms with Gasteiger partial charge in [-0.2, -0.15) is 5.10 Å². The number of ether oxygens (including phenoxy) is 1. The van der Waals surface area contributed by atoms with Gasteiger partial charge in [0.1, 0.15) is 6.73 Å². The molecule has 35 heavy (non-hydrogen) atoms. The maximum atomic E-state index is 13.5. The molecule has 2 fully saturated rings. The lowest BCUT2D eigenvalue weighted by molar-refractivity contribution is -0.127. The molecule has 1 aliphatic carbocycles. The number of aromatic nitrogens is 2. The Kier molecular flexibility index (Phi) is 7.63. The van der Waals surface area contributed by atoms with Crippen molar-refractivity contribution in [2.75, 3.05) is 18.1 Å². The number of hydrogen-bond acceptors (Lipinski definition) is 3. The van der Waals surface area contributed by atoms with Crippen LogP contribution in [-0.2, 0) is 21.7 Å². The van der Waals surface area contributed by atoms with E-state index in [1.807, 2.05) is 15.8 Å². The van der Waals surface area contributed by atoms with E-state index in [2.05, 4.69) is 82.3 Å². The molecule has 2 aromatic rings. The standard InChI is InChI=1S/C29H44N3O2Si/c1-28(2,3)24-7-9-25(10-8-24)31-18-16-29(27(31)33)14-11-23(12-15-29)21-26-13-17-30-32(26)22-34-19-20-35(4,5)6/h7-10,13,17,21,23H,11-12,14-16,18-20,22H2,1-6H3. The third-order valence-corrected chi connectivity index (χ3v) is 9.62. The highest BCUT2D eigenvalue weighted by Crippen LogP contribution is 2.48. The van der Waals surface area contributed by atoms with Gasteiger partial charge in [0.05, 0.1) is 5.41 Å². The SMILES string of the molecule is CC(C)(C)c1ccc(N2CCC3(CCC([CH]c4ccnn4COCC[Si](C)(C)C)CC3)C2=O)cc1. The first-order chi connectivity index (χ1) is 16.5. The van der Waals surface area contributed by atoms with Crippen molar-refractivity contribution in [3.63, 3.8) is 0 Å². The van der Waals surface area contributed by atoms with Crippen molar-refractivity contribution in [1.82, 2.24) is 9.78 Å². The summed E-state index contributed by atoms with van der Waals surface area (Å²) >= 11 is 0. The Morgan fingerprint density at radius 1 is 1.09 bits per heavy atom. The van der Waals surface area contributed by atoms with Crippen molar-refractivity contribution in [3.05, 3.63) is 54.2 Å². The largest absolute Gasteiger partial charge is 0.360 e. The average molecular weight is 495 g/mol. The van der Waals surface area contributed by atoms with Gasteiger partial charge in [0.15, 0.2) is 0 Å².